The number of nitrogens with zero attached hydrogens (tertiary/aromatic N) is 1. The Labute approximate surface area is 209 Å². The highest BCUT2D eigenvalue weighted by Gasteiger charge is 2.30. The number of halogens is 4. The minimum atomic E-state index is -4.32. The van der Waals surface area contributed by atoms with Crippen molar-refractivity contribution < 1.29 is 26.0 Å². The molecule has 1 heterocycles. The molecule has 0 bridgehead atoms. The maximum absolute atomic E-state index is 13.5. The third-order valence-electron chi connectivity index (χ3n) is 4.21. The first-order valence-corrected chi connectivity index (χ1v) is 14.0. The fourth-order valence-corrected chi connectivity index (χ4v) is 6.75. The van der Waals surface area contributed by atoms with E-state index in [0.29, 0.717) is 0 Å². The largest absolute Gasteiger partial charge is 0.360 e. The molecule has 0 aliphatic rings. The first-order valence-electron chi connectivity index (χ1n) is 9.08. The summed E-state index contributed by atoms with van der Waals surface area (Å²) in [5, 5.41) is 1.15. The average molecular weight is 574 g/mol. The summed E-state index contributed by atoms with van der Waals surface area (Å²) < 4.78 is 74.6. The van der Waals surface area contributed by atoms with Gasteiger partial charge in [0.15, 0.2) is 0 Å². The lowest BCUT2D eigenvalue weighted by atomic mass is 10.2. The van der Waals surface area contributed by atoms with Crippen molar-refractivity contribution in [3.05, 3.63) is 68.7 Å². The normalized spacial score (nSPS) is 12.0. The second-order valence-corrected chi connectivity index (χ2v) is 12.3. The van der Waals surface area contributed by atoms with Crippen LogP contribution in [0.4, 0.5) is 15.8 Å². The van der Waals surface area contributed by atoms with Crippen molar-refractivity contribution in [1.82, 2.24) is 0 Å². The van der Waals surface area contributed by atoms with E-state index < -0.39 is 37.6 Å². The topological polar surface area (TPSA) is 92.8 Å². The number of hydrogen-bond donors (Lipinski definition) is 1. The van der Waals surface area contributed by atoms with Crippen LogP contribution in [0.15, 0.2) is 56.9 Å². The Balaban J connectivity index is 2.15. The number of sulfonamides is 2. The van der Waals surface area contributed by atoms with Gasteiger partial charge in [-0.1, -0.05) is 40.9 Å². The molecule has 3 aromatic rings. The molecular weight excluding hydrogens is 558 g/mol. The van der Waals surface area contributed by atoms with E-state index in [4.69, 9.17) is 39.5 Å². The van der Waals surface area contributed by atoms with Gasteiger partial charge in [-0.05, 0) is 48.7 Å². The number of thiophene rings is 1. The quantitative estimate of drug-likeness (QED) is 0.325. The minimum absolute atomic E-state index is 0.00685. The number of ether oxygens (including phenoxy) is 1. The maximum atomic E-state index is 13.5. The molecule has 1 aromatic heterocycles. The summed E-state index contributed by atoms with van der Waals surface area (Å²) in [5.41, 5.74) is -0.312. The smallest absolute Gasteiger partial charge is 0.275 e. The molecule has 14 heteroatoms. The summed E-state index contributed by atoms with van der Waals surface area (Å²) in [6, 6.07) is 8.19. The molecule has 178 valence electrons. The molecule has 1 N–H and O–H groups in total. The predicted molar refractivity (Wildman–Crippen MR) is 129 cm³/mol. The van der Waals surface area contributed by atoms with Crippen molar-refractivity contribution in [2.75, 3.05) is 22.4 Å². The third kappa shape index (κ3) is 5.73. The van der Waals surface area contributed by atoms with Gasteiger partial charge in [0.25, 0.3) is 20.0 Å². The predicted octanol–water partition coefficient (Wildman–Crippen LogP) is 5.84. The lowest BCUT2D eigenvalue weighted by molar-refractivity contribution is 0.157. The average Bonchev–Trinajstić information content (AvgIpc) is 3.29. The second-order valence-electron chi connectivity index (χ2n) is 6.37. The Morgan fingerprint density at radius 1 is 1.03 bits per heavy atom. The Kier molecular flexibility index (Phi) is 8.15. The molecule has 0 fully saturated rings. The Morgan fingerprint density at radius 3 is 2.33 bits per heavy atom. The van der Waals surface area contributed by atoms with Gasteiger partial charge in [-0.2, -0.15) is 0 Å². The van der Waals surface area contributed by atoms with Gasteiger partial charge in [-0.25, -0.2) is 25.5 Å². The van der Waals surface area contributed by atoms with Gasteiger partial charge < -0.3 is 4.74 Å². The molecule has 33 heavy (non-hydrogen) atoms. The van der Waals surface area contributed by atoms with Crippen LogP contribution in [-0.4, -0.2) is 30.2 Å². The lowest BCUT2D eigenvalue weighted by Crippen LogP contribution is -2.34. The number of anilines is 2. The molecule has 3 rings (SSSR count). The van der Waals surface area contributed by atoms with E-state index in [1.54, 1.807) is 18.4 Å². The Hall–Kier alpha value is -1.60. The lowest BCUT2D eigenvalue weighted by Gasteiger charge is -2.26. The molecule has 0 spiro atoms. The van der Waals surface area contributed by atoms with E-state index in [-0.39, 0.29) is 37.1 Å². The molecule has 0 saturated carbocycles. The van der Waals surface area contributed by atoms with Crippen molar-refractivity contribution >= 4 is 77.6 Å². The zero-order chi connectivity index (χ0) is 24.4. The van der Waals surface area contributed by atoms with E-state index >= 15 is 0 Å². The van der Waals surface area contributed by atoms with Crippen LogP contribution in [0.25, 0.3) is 0 Å². The molecule has 0 aliphatic heterocycles. The molecule has 0 amide bonds. The number of nitrogens with one attached hydrogen (secondary N) is 1. The molecule has 0 saturated heterocycles. The summed E-state index contributed by atoms with van der Waals surface area (Å²) >= 11 is 18.9. The van der Waals surface area contributed by atoms with Crippen molar-refractivity contribution in [2.24, 2.45) is 0 Å². The second kappa shape index (κ2) is 10.3. The molecule has 0 radical (unpaired) electrons. The SMILES string of the molecule is CCOCN(c1cc(Cl)c(Cl)cc1NS(=O)(=O)c1ccc(F)c(Cl)c1)S(=O)(=O)c1cccs1. The van der Waals surface area contributed by atoms with Gasteiger partial charge in [0.05, 0.1) is 31.3 Å². The molecule has 0 unspecified atom stereocenters. The van der Waals surface area contributed by atoms with Crippen molar-refractivity contribution in [3.63, 3.8) is 0 Å². The highest BCUT2D eigenvalue weighted by Crippen LogP contribution is 2.39. The van der Waals surface area contributed by atoms with Gasteiger partial charge in [-0.3, -0.25) is 4.72 Å². The number of benzene rings is 2. The summed E-state index contributed by atoms with van der Waals surface area (Å²) in [4.78, 5) is -0.344. The van der Waals surface area contributed by atoms with Crippen LogP contribution in [-0.2, 0) is 24.8 Å². The summed E-state index contributed by atoms with van der Waals surface area (Å²) in [5.74, 6) is -0.796. The number of hydrogen-bond acceptors (Lipinski definition) is 6. The summed E-state index contributed by atoms with van der Waals surface area (Å²) in [6.07, 6.45) is 0. The Bertz CT molecular complexity index is 1370. The highest BCUT2D eigenvalue weighted by atomic mass is 35.5. The van der Waals surface area contributed by atoms with Crippen molar-refractivity contribution in [3.8, 4) is 0 Å². The highest BCUT2D eigenvalue weighted by molar-refractivity contribution is 7.94. The molecule has 7 nitrogen and oxygen atoms in total. The maximum Gasteiger partial charge on any atom is 0.275 e. The van der Waals surface area contributed by atoms with Crippen LogP contribution in [0.5, 0.6) is 0 Å². The first kappa shape index (κ1) is 26.0. The van der Waals surface area contributed by atoms with Crippen LogP contribution in [0.3, 0.4) is 0 Å². The fraction of sp³-hybridized carbons (Fsp3) is 0.158. The Morgan fingerprint density at radius 2 is 1.73 bits per heavy atom. The molecule has 2 aromatic carbocycles. The van der Waals surface area contributed by atoms with Crippen LogP contribution in [0.2, 0.25) is 15.1 Å². The minimum Gasteiger partial charge on any atom is -0.360 e. The van der Waals surface area contributed by atoms with Crippen LogP contribution in [0, 0.1) is 5.82 Å². The van der Waals surface area contributed by atoms with E-state index in [0.717, 1.165) is 33.8 Å². The van der Waals surface area contributed by atoms with E-state index in [9.17, 15) is 21.2 Å². The monoisotopic (exact) mass is 572 g/mol. The van der Waals surface area contributed by atoms with Crippen LogP contribution in [0.1, 0.15) is 6.92 Å². The standard InChI is InChI=1S/C19H16Cl3FN2O5S3/c1-2-30-11-25(33(28,29)19-4-3-7-31-19)18-10-14(21)13(20)9-17(18)24-32(26,27)12-5-6-16(23)15(22)8-12/h3-10,24H,2,11H2,1H3. The molecular formula is C19H16Cl3FN2O5S3. The van der Waals surface area contributed by atoms with Crippen molar-refractivity contribution in [2.45, 2.75) is 16.0 Å². The van der Waals surface area contributed by atoms with Crippen LogP contribution >= 0.6 is 46.1 Å². The molecule has 0 atom stereocenters. The zero-order valence-corrected chi connectivity index (χ0v) is 21.5. The van der Waals surface area contributed by atoms with Gasteiger partial charge in [0.2, 0.25) is 0 Å². The van der Waals surface area contributed by atoms with Gasteiger partial charge >= 0.3 is 0 Å². The van der Waals surface area contributed by atoms with E-state index in [1.807, 2.05) is 0 Å². The van der Waals surface area contributed by atoms with Crippen LogP contribution < -0.4 is 9.03 Å². The van der Waals surface area contributed by atoms with Crippen molar-refractivity contribution in [1.29, 1.82) is 0 Å². The van der Waals surface area contributed by atoms with Gasteiger partial charge in [-0.15, -0.1) is 11.3 Å². The van der Waals surface area contributed by atoms with Gasteiger partial charge in [0.1, 0.15) is 16.8 Å². The fourth-order valence-electron chi connectivity index (χ4n) is 2.63. The molecule has 0 aliphatic carbocycles. The van der Waals surface area contributed by atoms with E-state index in [2.05, 4.69) is 4.72 Å². The van der Waals surface area contributed by atoms with E-state index in [1.165, 1.54) is 18.2 Å². The number of rotatable bonds is 9. The first-order chi connectivity index (χ1) is 15.5. The summed E-state index contributed by atoms with van der Waals surface area (Å²) in [6.45, 7) is 1.44. The summed E-state index contributed by atoms with van der Waals surface area (Å²) in [7, 11) is -8.47. The third-order valence-corrected chi connectivity index (χ3v) is 9.69. The van der Waals surface area contributed by atoms with Gasteiger partial charge in [0, 0.05) is 6.61 Å². The zero-order valence-electron chi connectivity index (χ0n) is 16.8.